The summed E-state index contributed by atoms with van der Waals surface area (Å²) in [6, 6.07) is -0.128. The Kier molecular flexibility index (Phi) is 18.9. The predicted molar refractivity (Wildman–Crippen MR) is 317 cm³/mol. The fourth-order valence-corrected chi connectivity index (χ4v) is 16.9. The summed E-state index contributed by atoms with van der Waals surface area (Å²) in [5.41, 5.74) is -33.1. The maximum atomic E-state index is 13.9. The first-order valence-electron chi connectivity index (χ1n) is 30.2. The van der Waals surface area contributed by atoms with Gasteiger partial charge in [0.25, 0.3) is 0 Å². The van der Waals surface area contributed by atoms with Crippen LogP contribution in [0.15, 0.2) is 0 Å². The summed E-state index contributed by atoms with van der Waals surface area (Å²) in [5, 5.41) is 129. The molecular formula is C61H109N3O21S. The number of thioether (sulfide) groups is 1. The number of hydrogen-bond donors (Lipinski definition) is 13. The van der Waals surface area contributed by atoms with Crippen molar-refractivity contribution in [1.29, 1.82) is 0 Å². The summed E-state index contributed by atoms with van der Waals surface area (Å²) in [5.74, 6) is -2.47. The number of rotatable bonds is 21. The molecule has 0 saturated carbocycles. The highest BCUT2D eigenvalue weighted by atomic mass is 32.2. The third-order valence-corrected chi connectivity index (χ3v) is 26.0. The van der Waals surface area contributed by atoms with Crippen LogP contribution in [0, 0.1) is 16.2 Å². The number of unbranched alkanes of at least 4 members (excludes halogenated alkanes) is 1. The fraction of sp³-hybridized carbons (Fsp3) is 0.951. The summed E-state index contributed by atoms with van der Waals surface area (Å²) in [4.78, 5) is 39.0. The van der Waals surface area contributed by atoms with Crippen molar-refractivity contribution in [3.05, 3.63) is 0 Å². The van der Waals surface area contributed by atoms with Crippen LogP contribution < -0.4 is 16.0 Å². The maximum Gasteiger partial charge on any atom is 0.315 e. The Hall–Kier alpha value is -2.12. The van der Waals surface area contributed by atoms with E-state index in [-0.39, 0.29) is 36.4 Å². The molecule has 6 saturated heterocycles. The summed E-state index contributed by atoms with van der Waals surface area (Å²) in [6.07, 6.45) is 0.199. The van der Waals surface area contributed by atoms with E-state index in [1.807, 2.05) is 0 Å². The van der Waals surface area contributed by atoms with Crippen molar-refractivity contribution in [3.63, 3.8) is 0 Å². The molecule has 7 unspecified atom stereocenters. The third kappa shape index (κ3) is 10.3. The molecule has 0 radical (unpaired) electrons. The van der Waals surface area contributed by atoms with E-state index in [0.29, 0.717) is 12.8 Å². The van der Waals surface area contributed by atoms with Gasteiger partial charge in [-0.3, -0.25) is 9.59 Å². The summed E-state index contributed by atoms with van der Waals surface area (Å²) < 4.78 is 52.3. The van der Waals surface area contributed by atoms with Crippen LogP contribution in [0.5, 0.6) is 0 Å². The molecule has 500 valence electrons. The van der Waals surface area contributed by atoms with Crippen LogP contribution >= 0.6 is 11.8 Å². The predicted octanol–water partition coefficient (Wildman–Crippen LogP) is 2.01. The van der Waals surface area contributed by atoms with Crippen LogP contribution in [-0.4, -0.2) is 241 Å². The fourth-order valence-electron chi connectivity index (χ4n) is 15.4. The first-order chi connectivity index (χ1) is 38.5. The first kappa shape index (κ1) is 72.9. The molecule has 0 bridgehead atoms. The number of nitrogens with one attached hydrogen (secondary N) is 3. The van der Waals surface area contributed by atoms with Crippen LogP contribution in [0.2, 0.25) is 0 Å². The van der Waals surface area contributed by atoms with Crippen LogP contribution in [0.25, 0.3) is 0 Å². The number of carbonyl (C=O) groups excluding carboxylic acids is 3. The molecule has 6 fully saturated rings. The molecule has 6 aliphatic heterocycles. The zero-order chi connectivity index (χ0) is 66.2. The zero-order valence-electron chi connectivity index (χ0n) is 55.4. The lowest BCUT2D eigenvalue weighted by molar-refractivity contribution is -0.414. The number of hydrogen-bond acceptors (Lipinski definition) is 22. The molecule has 6 rings (SSSR count). The standard InChI is InChI=1S/C61H109N3O21S/c1-36(67)64-53(14)45(6,41(69)46(7,28-65)84-61(53,22)81-39(68)26-24-23-25-38-40-37(27-86-38)62-42(70)63-40)30-78-34-51(12)58(19,75)55(16,72)47(8,43(2,3)82-51)31-79-33-50(11)48(9,56(17,73)57(18,74)49(10,29-66)85-50)32-80-35-52(13)59(20,76)60(21,77)54(15,71)44(4,5)83-52/h37-38,40-41,65-66,69,71-77H,23-35H2,1-22H3,(H,64,67)(H2,62,63,70)/t37-,38?,40-,41-,45+,46?,47+,48?,49?,50-,51+,52-,53?,54+,55-,56-,57+,58?,59?,60-,61+/m0/s1. The van der Waals surface area contributed by atoms with E-state index in [2.05, 4.69) is 16.0 Å². The highest BCUT2D eigenvalue weighted by molar-refractivity contribution is 8.00. The monoisotopic (exact) mass is 1250 g/mol. The van der Waals surface area contributed by atoms with Crippen molar-refractivity contribution >= 4 is 29.7 Å². The SMILES string of the molecule is CC(=O)NC1(C)[C@](C)(OC(=O)CCCCC2SC[C@@H]3NC(=O)N[C@H]23)OC(C)(CO)[C@@H](O)[C@@]1(C)COC[C@@]1(C)OC(C)(C)[C@@](C)(COC[C@]2(C)OC(C)(CO)[C@@](C)(O)[C@@](C)(O)C2(C)COC[C@]2(C)OC(C)(C)[C@@](C)(O)[C@](C)(O)C2(C)O)[C@](C)(O)C1(C)O. The number of aliphatic hydroxyl groups is 10. The maximum absolute atomic E-state index is 13.9. The molecule has 6 heterocycles. The van der Waals surface area contributed by atoms with E-state index in [1.165, 1.54) is 83.1 Å². The lowest BCUT2D eigenvalue weighted by atomic mass is 9.52. The highest BCUT2D eigenvalue weighted by Gasteiger charge is 2.78. The second kappa shape index (κ2) is 22.3. The molecule has 25 heteroatoms. The van der Waals surface area contributed by atoms with E-state index in [9.17, 15) is 65.4 Å². The molecule has 13 N–H and O–H groups in total. The third-order valence-electron chi connectivity index (χ3n) is 24.5. The number of carbonyl (C=O) groups is 3. The lowest BCUT2D eigenvalue weighted by Gasteiger charge is -2.68. The van der Waals surface area contributed by atoms with E-state index in [1.54, 1.807) is 81.0 Å². The second-order valence-electron chi connectivity index (χ2n) is 30.5. The van der Waals surface area contributed by atoms with E-state index >= 15 is 0 Å². The molecule has 0 spiro atoms. The van der Waals surface area contributed by atoms with E-state index in [0.717, 1.165) is 12.2 Å². The minimum Gasteiger partial charge on any atom is -0.431 e. The zero-order valence-corrected chi connectivity index (χ0v) is 56.2. The van der Waals surface area contributed by atoms with Crippen LogP contribution in [-0.2, 0) is 47.5 Å². The average molecular weight is 1250 g/mol. The number of amides is 3. The van der Waals surface area contributed by atoms with Crippen LogP contribution in [0.3, 0.4) is 0 Å². The van der Waals surface area contributed by atoms with Crippen molar-refractivity contribution in [3.8, 4) is 0 Å². The Bertz CT molecular complexity index is 2550. The van der Waals surface area contributed by atoms with Gasteiger partial charge in [0, 0.05) is 36.7 Å². The largest absolute Gasteiger partial charge is 0.431 e. The second-order valence-corrected chi connectivity index (χ2v) is 31.8. The Morgan fingerprint density at radius 1 is 0.558 bits per heavy atom. The molecule has 0 aromatic heterocycles. The highest BCUT2D eigenvalue weighted by Crippen LogP contribution is 2.62. The van der Waals surface area contributed by atoms with Gasteiger partial charge in [0.2, 0.25) is 11.7 Å². The van der Waals surface area contributed by atoms with Crippen molar-refractivity contribution in [1.82, 2.24) is 16.0 Å². The number of esters is 1. The summed E-state index contributed by atoms with van der Waals surface area (Å²) >= 11 is 1.76. The van der Waals surface area contributed by atoms with Crippen molar-refractivity contribution in [2.45, 2.75) is 291 Å². The molecule has 0 aromatic carbocycles. The van der Waals surface area contributed by atoms with Crippen molar-refractivity contribution in [2.75, 3.05) is 58.6 Å². The van der Waals surface area contributed by atoms with E-state index < -0.39 is 170 Å². The minimum atomic E-state index is -2.20. The topological polar surface area (TPSA) is 363 Å². The van der Waals surface area contributed by atoms with Gasteiger partial charge in [-0.15, -0.1) is 0 Å². The molecule has 0 aromatic rings. The number of ether oxygens (including phenoxy) is 8. The number of fused-ring (bicyclic) bond motifs is 1. The van der Waals surface area contributed by atoms with Gasteiger partial charge in [0.05, 0.1) is 93.1 Å². The minimum absolute atomic E-state index is 0.00333. The number of urea groups is 1. The van der Waals surface area contributed by atoms with Gasteiger partial charge in [0.15, 0.2) is 0 Å². The van der Waals surface area contributed by atoms with Gasteiger partial charge in [0.1, 0.15) is 72.8 Å². The Morgan fingerprint density at radius 3 is 1.56 bits per heavy atom. The van der Waals surface area contributed by atoms with Gasteiger partial charge < -0.3 is 105 Å². The molecule has 6 aliphatic rings. The van der Waals surface area contributed by atoms with Crippen molar-refractivity contribution in [2.24, 2.45) is 16.2 Å². The first-order valence-corrected chi connectivity index (χ1v) is 31.2. The quantitative estimate of drug-likeness (QED) is 0.0444. The van der Waals surface area contributed by atoms with Crippen LogP contribution in [0.4, 0.5) is 4.79 Å². The van der Waals surface area contributed by atoms with Gasteiger partial charge in [-0.05, 0) is 131 Å². The lowest BCUT2D eigenvalue weighted by Crippen LogP contribution is -2.84. The Labute approximate surface area is 513 Å². The smallest absolute Gasteiger partial charge is 0.315 e. The van der Waals surface area contributed by atoms with Gasteiger partial charge >= 0.3 is 12.0 Å². The summed E-state index contributed by atoms with van der Waals surface area (Å²) in [6.45, 7) is 28.9. The number of aliphatic hydroxyl groups excluding tert-OH is 3. The van der Waals surface area contributed by atoms with Crippen LogP contribution in [0.1, 0.15) is 178 Å². The Balaban J connectivity index is 1.23. The molecule has 24 nitrogen and oxygen atoms in total. The average Bonchev–Trinajstić information content (AvgIpc) is 0.803. The van der Waals surface area contributed by atoms with Crippen molar-refractivity contribution < 1.29 is 103 Å². The molecule has 3 amide bonds. The van der Waals surface area contributed by atoms with Gasteiger partial charge in [-0.1, -0.05) is 27.2 Å². The van der Waals surface area contributed by atoms with Gasteiger partial charge in [-0.2, -0.15) is 11.8 Å². The van der Waals surface area contributed by atoms with Gasteiger partial charge in [-0.25, -0.2) is 4.79 Å². The molecule has 0 aliphatic carbocycles. The summed E-state index contributed by atoms with van der Waals surface area (Å²) in [7, 11) is 0. The molecule has 21 atom stereocenters. The molecule has 86 heavy (non-hydrogen) atoms. The Morgan fingerprint density at radius 2 is 1.03 bits per heavy atom. The van der Waals surface area contributed by atoms with E-state index in [4.69, 9.17) is 37.9 Å². The normalized spacial score (nSPS) is 51.6. The molecular weight excluding hydrogens is 1140 g/mol.